The van der Waals surface area contributed by atoms with E-state index in [4.69, 9.17) is 18.0 Å². The van der Waals surface area contributed by atoms with Gasteiger partial charge in [0.2, 0.25) is 0 Å². The number of terminal acetylenes is 1. The Morgan fingerprint density at radius 3 is 2.51 bits per heavy atom. The van der Waals surface area contributed by atoms with Crippen molar-refractivity contribution in [2.75, 3.05) is 0 Å². The minimum atomic E-state index is -1.44. The van der Waals surface area contributed by atoms with Crippen molar-refractivity contribution in [3.8, 4) is 23.6 Å². The van der Waals surface area contributed by atoms with Gasteiger partial charge >= 0.3 is 0 Å². The molecule has 1 unspecified atom stereocenters. The maximum absolute atomic E-state index is 15.1. The molecule has 0 saturated heterocycles. The molecule has 0 N–H and O–H groups in total. The first-order chi connectivity index (χ1) is 16.9. The average Bonchev–Trinajstić information content (AvgIpc) is 3.37. The summed E-state index contributed by atoms with van der Waals surface area (Å²) in [6, 6.07) is 14.9. The van der Waals surface area contributed by atoms with Crippen LogP contribution in [0.1, 0.15) is 23.1 Å². The topological polar surface area (TPSA) is 78.5 Å². The van der Waals surface area contributed by atoms with Crippen LogP contribution in [0.15, 0.2) is 78.0 Å². The molecule has 4 heterocycles. The molecule has 0 fully saturated rings. The minimum absolute atomic E-state index is 0.218. The van der Waals surface area contributed by atoms with Gasteiger partial charge < -0.3 is 4.57 Å². The summed E-state index contributed by atoms with van der Waals surface area (Å²) in [6.07, 6.45) is 8.94. The van der Waals surface area contributed by atoms with E-state index in [-0.39, 0.29) is 11.3 Å². The standard InChI is InChI=1S/C23H15ClFN3O.C3H5N3/c1-3-16-5-4-6-19(27-16)17-12-22(29)28(2)21-13-26-20(11-18(17)21)23(25)14-7-9-15(24)10-8-14;1-6-3-2-4-5-6/h1,4-13,23H,2H3;2-3H,1H3. The Morgan fingerprint density at radius 2 is 1.89 bits per heavy atom. The highest BCUT2D eigenvalue weighted by Gasteiger charge is 2.18. The zero-order valence-corrected chi connectivity index (χ0v) is 19.7. The predicted octanol–water partition coefficient (Wildman–Crippen LogP) is 4.50. The number of benzene rings is 1. The molecule has 0 bridgehead atoms. The van der Waals surface area contributed by atoms with Crippen molar-refractivity contribution in [1.82, 2.24) is 29.5 Å². The molecular formula is C26H20ClFN6O. The number of fused-ring (bicyclic) bond motifs is 1. The lowest BCUT2D eigenvalue weighted by Gasteiger charge is -2.13. The first-order valence-electron chi connectivity index (χ1n) is 10.5. The fraction of sp³-hybridized carbons (Fsp3) is 0.115. The smallest absolute Gasteiger partial charge is 0.251 e. The number of hydrogen-bond acceptors (Lipinski definition) is 5. The van der Waals surface area contributed by atoms with Gasteiger partial charge in [-0.15, -0.1) is 11.5 Å². The summed E-state index contributed by atoms with van der Waals surface area (Å²) in [4.78, 5) is 21.1. The molecule has 0 aliphatic heterocycles. The molecule has 4 aromatic heterocycles. The van der Waals surface area contributed by atoms with Crippen molar-refractivity contribution < 1.29 is 4.39 Å². The second kappa shape index (κ2) is 10.3. The Balaban J connectivity index is 0.000000421. The van der Waals surface area contributed by atoms with E-state index in [1.165, 1.54) is 16.8 Å². The molecule has 5 aromatic rings. The third kappa shape index (κ3) is 5.26. The Hall–Kier alpha value is -4.35. The van der Waals surface area contributed by atoms with Crippen LogP contribution >= 0.6 is 11.6 Å². The SMILES string of the molecule is C#Cc1cccc(-c2cc(=O)n(C)c3cnc(C(F)c4ccc(Cl)cc4)cc23)n1.Cn1ccnn1. The van der Waals surface area contributed by atoms with E-state index in [1.807, 2.05) is 7.05 Å². The van der Waals surface area contributed by atoms with Crippen LogP contribution in [0.25, 0.3) is 22.2 Å². The van der Waals surface area contributed by atoms with Crippen molar-refractivity contribution >= 4 is 22.5 Å². The van der Waals surface area contributed by atoms with E-state index in [0.29, 0.717) is 38.4 Å². The molecule has 0 saturated carbocycles. The molecule has 0 aliphatic rings. The zero-order valence-electron chi connectivity index (χ0n) is 18.9. The van der Waals surface area contributed by atoms with Gasteiger partial charge in [-0.2, -0.15) is 0 Å². The highest BCUT2D eigenvalue weighted by atomic mass is 35.5. The quantitative estimate of drug-likeness (QED) is 0.351. The van der Waals surface area contributed by atoms with Crippen LogP contribution < -0.4 is 5.56 Å². The summed E-state index contributed by atoms with van der Waals surface area (Å²) in [5.74, 6) is 2.49. The number of aromatic nitrogens is 6. The van der Waals surface area contributed by atoms with Crippen LogP contribution in [0, 0.1) is 12.3 Å². The molecule has 0 radical (unpaired) electrons. The predicted molar refractivity (Wildman–Crippen MR) is 134 cm³/mol. The first kappa shape index (κ1) is 23.8. The lowest BCUT2D eigenvalue weighted by molar-refractivity contribution is 0.394. The third-order valence-electron chi connectivity index (χ3n) is 5.29. The van der Waals surface area contributed by atoms with Gasteiger partial charge in [-0.25, -0.2) is 9.37 Å². The van der Waals surface area contributed by atoms with E-state index in [9.17, 15) is 4.79 Å². The summed E-state index contributed by atoms with van der Waals surface area (Å²) in [5, 5.41) is 8.31. The summed E-state index contributed by atoms with van der Waals surface area (Å²) < 4.78 is 18.3. The Morgan fingerprint density at radius 1 is 1.11 bits per heavy atom. The normalized spacial score (nSPS) is 11.4. The maximum atomic E-state index is 15.1. The molecule has 0 amide bonds. The molecule has 7 nitrogen and oxygen atoms in total. The van der Waals surface area contributed by atoms with Gasteiger partial charge in [0.05, 0.1) is 29.3 Å². The van der Waals surface area contributed by atoms with Crippen molar-refractivity contribution in [2.24, 2.45) is 14.1 Å². The van der Waals surface area contributed by atoms with Crippen LogP contribution in [-0.2, 0) is 14.1 Å². The summed E-state index contributed by atoms with van der Waals surface area (Å²) in [5.41, 5.74) is 2.61. The molecule has 0 spiro atoms. The van der Waals surface area contributed by atoms with E-state index in [0.717, 1.165) is 0 Å². The van der Waals surface area contributed by atoms with Crippen LogP contribution in [0.3, 0.4) is 0 Å². The first-order valence-corrected chi connectivity index (χ1v) is 10.9. The molecule has 9 heteroatoms. The lowest BCUT2D eigenvalue weighted by Crippen LogP contribution is -2.17. The van der Waals surface area contributed by atoms with Crippen LogP contribution in [0.2, 0.25) is 5.02 Å². The van der Waals surface area contributed by atoms with E-state index in [1.54, 1.807) is 72.7 Å². The molecule has 35 heavy (non-hydrogen) atoms. The second-order valence-electron chi connectivity index (χ2n) is 7.62. The number of pyridine rings is 3. The molecular weight excluding hydrogens is 467 g/mol. The fourth-order valence-corrected chi connectivity index (χ4v) is 3.58. The second-order valence-corrected chi connectivity index (χ2v) is 8.06. The van der Waals surface area contributed by atoms with Crippen LogP contribution in [0.4, 0.5) is 4.39 Å². The zero-order chi connectivity index (χ0) is 24.9. The van der Waals surface area contributed by atoms with Crippen molar-refractivity contribution in [2.45, 2.75) is 6.17 Å². The number of aryl methyl sites for hydroxylation is 2. The van der Waals surface area contributed by atoms with E-state index >= 15 is 4.39 Å². The number of alkyl halides is 1. The van der Waals surface area contributed by atoms with Gasteiger partial charge in [0.25, 0.3) is 5.56 Å². The highest BCUT2D eigenvalue weighted by molar-refractivity contribution is 6.30. The maximum Gasteiger partial charge on any atom is 0.251 e. The molecule has 1 atom stereocenters. The van der Waals surface area contributed by atoms with Crippen molar-refractivity contribution in [3.63, 3.8) is 0 Å². The largest absolute Gasteiger partial charge is 0.310 e. The Kier molecular flexibility index (Phi) is 6.99. The summed E-state index contributed by atoms with van der Waals surface area (Å²) >= 11 is 5.89. The average molecular weight is 487 g/mol. The summed E-state index contributed by atoms with van der Waals surface area (Å²) in [7, 11) is 3.47. The number of nitrogens with zero attached hydrogens (tertiary/aromatic N) is 6. The van der Waals surface area contributed by atoms with Crippen molar-refractivity contribution in [3.05, 3.63) is 106 Å². The number of hydrogen-bond donors (Lipinski definition) is 0. The van der Waals surface area contributed by atoms with Gasteiger partial charge in [-0.1, -0.05) is 40.9 Å². The fourth-order valence-electron chi connectivity index (χ4n) is 3.45. The summed E-state index contributed by atoms with van der Waals surface area (Å²) in [6.45, 7) is 0. The monoisotopic (exact) mass is 486 g/mol. The number of halogens is 2. The molecule has 1 aromatic carbocycles. The van der Waals surface area contributed by atoms with Crippen molar-refractivity contribution in [1.29, 1.82) is 0 Å². The number of rotatable bonds is 3. The molecule has 0 aliphatic carbocycles. The molecule has 174 valence electrons. The van der Waals surface area contributed by atoms with E-state index in [2.05, 4.69) is 26.2 Å². The van der Waals surface area contributed by atoms with Gasteiger partial charge in [0, 0.05) is 42.3 Å². The Labute approximate surface area is 205 Å². The van der Waals surface area contributed by atoms with E-state index < -0.39 is 6.17 Å². The minimum Gasteiger partial charge on any atom is -0.310 e. The van der Waals surface area contributed by atoms with Gasteiger partial charge in [0.15, 0.2) is 6.17 Å². The highest BCUT2D eigenvalue weighted by Crippen LogP contribution is 2.31. The Bertz CT molecular complexity index is 1570. The van der Waals surface area contributed by atoms with Gasteiger partial charge in [-0.3, -0.25) is 14.5 Å². The van der Waals surface area contributed by atoms with Crippen LogP contribution in [-0.4, -0.2) is 29.5 Å². The van der Waals surface area contributed by atoms with Crippen LogP contribution in [0.5, 0.6) is 0 Å². The third-order valence-corrected chi connectivity index (χ3v) is 5.54. The lowest BCUT2D eigenvalue weighted by atomic mass is 10.0. The van der Waals surface area contributed by atoms with Gasteiger partial charge in [-0.05, 0) is 35.9 Å². The molecule has 5 rings (SSSR count). The van der Waals surface area contributed by atoms with Gasteiger partial charge in [0.1, 0.15) is 5.69 Å².